The van der Waals surface area contributed by atoms with Gasteiger partial charge in [0.1, 0.15) is 0 Å². The van der Waals surface area contributed by atoms with Crippen LogP contribution >= 0.6 is 23.2 Å². The van der Waals surface area contributed by atoms with Gasteiger partial charge in [0.05, 0.1) is 12.7 Å². The molecule has 0 fully saturated rings. The van der Waals surface area contributed by atoms with Gasteiger partial charge in [0.15, 0.2) is 0 Å². The maximum absolute atomic E-state index is 10.0. The predicted octanol–water partition coefficient (Wildman–Crippen LogP) is 2.00. The Morgan fingerprint density at radius 1 is 1.38 bits per heavy atom. The van der Waals surface area contributed by atoms with E-state index in [0.717, 1.165) is 0 Å². The standard InChI is InChI=1S/C11H15Cl2NO2/c1-7(14-4-5-15)11(16)9-3-2-8(12)6-10(9)13/h2-3,6-7,11,14-16H,4-5H2,1H3. The zero-order valence-electron chi connectivity index (χ0n) is 8.95. The molecule has 0 aromatic heterocycles. The Morgan fingerprint density at radius 3 is 2.62 bits per heavy atom. The third kappa shape index (κ3) is 3.61. The first-order valence-electron chi connectivity index (χ1n) is 5.03. The largest absolute Gasteiger partial charge is 0.395 e. The maximum atomic E-state index is 10.0. The Morgan fingerprint density at radius 2 is 2.06 bits per heavy atom. The average Bonchev–Trinajstić information content (AvgIpc) is 2.25. The van der Waals surface area contributed by atoms with Crippen molar-refractivity contribution in [2.75, 3.05) is 13.2 Å². The number of aliphatic hydroxyl groups is 2. The zero-order valence-corrected chi connectivity index (χ0v) is 10.5. The highest BCUT2D eigenvalue weighted by Crippen LogP contribution is 2.27. The minimum atomic E-state index is -0.726. The second kappa shape index (κ2) is 6.42. The van der Waals surface area contributed by atoms with Crippen molar-refractivity contribution in [1.82, 2.24) is 5.32 Å². The summed E-state index contributed by atoms with van der Waals surface area (Å²) >= 11 is 11.8. The Labute approximate surface area is 105 Å². The Bertz CT molecular complexity index is 347. The summed E-state index contributed by atoms with van der Waals surface area (Å²) in [5.41, 5.74) is 0.629. The van der Waals surface area contributed by atoms with Crippen LogP contribution in [-0.2, 0) is 0 Å². The number of rotatable bonds is 5. The monoisotopic (exact) mass is 263 g/mol. The number of hydrogen-bond acceptors (Lipinski definition) is 3. The third-order valence-electron chi connectivity index (χ3n) is 2.33. The van der Waals surface area contributed by atoms with E-state index in [2.05, 4.69) is 5.32 Å². The molecule has 90 valence electrons. The van der Waals surface area contributed by atoms with Crippen LogP contribution in [0.15, 0.2) is 18.2 Å². The van der Waals surface area contributed by atoms with Crippen LogP contribution in [0.2, 0.25) is 10.0 Å². The molecule has 0 saturated carbocycles. The van der Waals surface area contributed by atoms with Crippen molar-refractivity contribution in [3.05, 3.63) is 33.8 Å². The van der Waals surface area contributed by atoms with Crippen LogP contribution < -0.4 is 5.32 Å². The fraction of sp³-hybridized carbons (Fsp3) is 0.455. The molecular weight excluding hydrogens is 249 g/mol. The van der Waals surface area contributed by atoms with Gasteiger partial charge in [0.25, 0.3) is 0 Å². The maximum Gasteiger partial charge on any atom is 0.0954 e. The quantitative estimate of drug-likeness (QED) is 0.762. The molecule has 5 heteroatoms. The SMILES string of the molecule is CC(NCCO)C(O)c1ccc(Cl)cc1Cl. The molecule has 0 heterocycles. The zero-order chi connectivity index (χ0) is 12.1. The topological polar surface area (TPSA) is 52.5 Å². The molecule has 0 aliphatic rings. The van der Waals surface area contributed by atoms with Crippen LogP contribution in [0, 0.1) is 0 Å². The summed E-state index contributed by atoms with van der Waals surface area (Å²) in [6.45, 7) is 2.29. The normalized spacial score (nSPS) is 14.8. The Hall–Kier alpha value is -0.320. The van der Waals surface area contributed by atoms with E-state index in [1.807, 2.05) is 6.92 Å². The molecule has 0 radical (unpaired) electrons. The van der Waals surface area contributed by atoms with Gasteiger partial charge in [-0.25, -0.2) is 0 Å². The highest BCUT2D eigenvalue weighted by Gasteiger charge is 2.18. The van der Waals surface area contributed by atoms with Crippen LogP contribution in [0.4, 0.5) is 0 Å². The molecule has 3 N–H and O–H groups in total. The van der Waals surface area contributed by atoms with Crippen molar-refractivity contribution >= 4 is 23.2 Å². The first kappa shape index (κ1) is 13.7. The minimum Gasteiger partial charge on any atom is -0.395 e. The highest BCUT2D eigenvalue weighted by molar-refractivity contribution is 6.35. The van der Waals surface area contributed by atoms with Crippen molar-refractivity contribution < 1.29 is 10.2 Å². The van der Waals surface area contributed by atoms with Crippen LogP contribution in [0.3, 0.4) is 0 Å². The molecule has 1 rings (SSSR count). The van der Waals surface area contributed by atoms with Gasteiger partial charge in [-0.3, -0.25) is 0 Å². The molecule has 1 aromatic carbocycles. The second-order valence-corrected chi connectivity index (χ2v) is 4.42. The molecule has 0 aliphatic carbocycles. The van der Waals surface area contributed by atoms with Crippen molar-refractivity contribution in [1.29, 1.82) is 0 Å². The smallest absolute Gasteiger partial charge is 0.0954 e. The van der Waals surface area contributed by atoms with Crippen LogP contribution in [0.25, 0.3) is 0 Å². The highest BCUT2D eigenvalue weighted by atomic mass is 35.5. The van der Waals surface area contributed by atoms with E-state index in [-0.39, 0.29) is 12.6 Å². The molecule has 0 saturated heterocycles. The predicted molar refractivity (Wildman–Crippen MR) is 66.0 cm³/mol. The van der Waals surface area contributed by atoms with E-state index in [1.54, 1.807) is 18.2 Å². The first-order valence-corrected chi connectivity index (χ1v) is 5.79. The second-order valence-electron chi connectivity index (χ2n) is 3.58. The molecule has 16 heavy (non-hydrogen) atoms. The summed E-state index contributed by atoms with van der Waals surface area (Å²) in [6.07, 6.45) is -0.726. The minimum absolute atomic E-state index is 0.0331. The van der Waals surface area contributed by atoms with Gasteiger partial charge < -0.3 is 15.5 Å². The lowest BCUT2D eigenvalue weighted by molar-refractivity contribution is 0.132. The van der Waals surface area contributed by atoms with E-state index in [0.29, 0.717) is 22.2 Å². The summed E-state index contributed by atoms with van der Waals surface area (Å²) < 4.78 is 0. The van der Waals surface area contributed by atoms with Crippen molar-refractivity contribution in [3.63, 3.8) is 0 Å². The fourth-order valence-corrected chi connectivity index (χ4v) is 1.93. The van der Waals surface area contributed by atoms with E-state index in [9.17, 15) is 5.11 Å². The molecule has 0 bridgehead atoms. The van der Waals surface area contributed by atoms with Crippen molar-refractivity contribution in [2.24, 2.45) is 0 Å². The average molecular weight is 264 g/mol. The lowest BCUT2D eigenvalue weighted by atomic mass is 10.0. The summed E-state index contributed by atoms with van der Waals surface area (Å²) in [5.74, 6) is 0. The summed E-state index contributed by atoms with van der Waals surface area (Å²) in [5, 5.41) is 22.6. The molecular formula is C11H15Cl2NO2. The van der Waals surface area contributed by atoms with Crippen LogP contribution in [-0.4, -0.2) is 29.4 Å². The number of benzene rings is 1. The van der Waals surface area contributed by atoms with E-state index in [1.165, 1.54) is 0 Å². The van der Waals surface area contributed by atoms with Crippen molar-refractivity contribution in [2.45, 2.75) is 19.1 Å². The Balaban J connectivity index is 2.75. The summed E-state index contributed by atoms with van der Waals surface area (Å²) in [4.78, 5) is 0. The number of aliphatic hydroxyl groups excluding tert-OH is 2. The van der Waals surface area contributed by atoms with Gasteiger partial charge in [-0.05, 0) is 19.1 Å². The fourth-order valence-electron chi connectivity index (χ4n) is 1.41. The number of nitrogens with one attached hydrogen (secondary N) is 1. The van der Waals surface area contributed by atoms with Gasteiger partial charge in [-0.15, -0.1) is 0 Å². The lowest BCUT2D eigenvalue weighted by Gasteiger charge is -2.21. The van der Waals surface area contributed by atoms with Gasteiger partial charge in [-0.1, -0.05) is 29.3 Å². The molecule has 1 aromatic rings. The van der Waals surface area contributed by atoms with Gasteiger partial charge >= 0.3 is 0 Å². The van der Waals surface area contributed by atoms with Gasteiger partial charge in [-0.2, -0.15) is 0 Å². The molecule has 2 unspecified atom stereocenters. The van der Waals surface area contributed by atoms with E-state index < -0.39 is 6.10 Å². The van der Waals surface area contributed by atoms with Gasteiger partial charge in [0.2, 0.25) is 0 Å². The molecule has 0 aliphatic heterocycles. The number of halogens is 2. The van der Waals surface area contributed by atoms with Crippen LogP contribution in [0.1, 0.15) is 18.6 Å². The van der Waals surface area contributed by atoms with Crippen LogP contribution in [0.5, 0.6) is 0 Å². The third-order valence-corrected chi connectivity index (χ3v) is 2.90. The Kier molecular flexibility index (Phi) is 5.52. The van der Waals surface area contributed by atoms with E-state index in [4.69, 9.17) is 28.3 Å². The molecule has 0 spiro atoms. The molecule has 2 atom stereocenters. The molecule has 3 nitrogen and oxygen atoms in total. The summed E-state index contributed by atoms with van der Waals surface area (Å²) in [7, 11) is 0. The lowest BCUT2D eigenvalue weighted by Crippen LogP contribution is -2.34. The first-order chi connectivity index (χ1) is 7.56. The van der Waals surface area contributed by atoms with Crippen molar-refractivity contribution in [3.8, 4) is 0 Å². The van der Waals surface area contributed by atoms with Gasteiger partial charge in [0, 0.05) is 28.2 Å². The summed E-state index contributed by atoms with van der Waals surface area (Å²) in [6, 6.07) is 4.79. The number of hydrogen-bond donors (Lipinski definition) is 3. The van der Waals surface area contributed by atoms with E-state index >= 15 is 0 Å². The molecule has 0 amide bonds.